The summed E-state index contributed by atoms with van der Waals surface area (Å²) in [6.07, 6.45) is 0. The normalized spacial score (nSPS) is 29.9. The van der Waals surface area contributed by atoms with E-state index in [-0.39, 0.29) is 11.6 Å². The highest BCUT2D eigenvalue weighted by Gasteiger charge is 2.49. The highest BCUT2D eigenvalue weighted by atomic mass is 32.2. The molecule has 0 spiro atoms. The Hall–Kier alpha value is -0.950. The van der Waals surface area contributed by atoms with Gasteiger partial charge in [-0.05, 0) is 32.2 Å². The van der Waals surface area contributed by atoms with Crippen molar-refractivity contribution in [1.29, 1.82) is 0 Å². The summed E-state index contributed by atoms with van der Waals surface area (Å²) in [6, 6.07) is 1.31. The van der Waals surface area contributed by atoms with Gasteiger partial charge in [0.05, 0.1) is 10.6 Å². The van der Waals surface area contributed by atoms with Gasteiger partial charge in [-0.25, -0.2) is 12.8 Å². The van der Waals surface area contributed by atoms with Gasteiger partial charge in [-0.3, -0.25) is 4.99 Å². The van der Waals surface area contributed by atoms with Crippen LogP contribution in [0.25, 0.3) is 0 Å². The summed E-state index contributed by atoms with van der Waals surface area (Å²) in [4.78, 5) is 4.56. The first-order valence-corrected chi connectivity index (χ1v) is 7.95. The minimum atomic E-state index is -3.48. The van der Waals surface area contributed by atoms with Crippen LogP contribution in [0.1, 0.15) is 25.6 Å². The lowest BCUT2D eigenvalue weighted by atomic mass is 10.0. The molecule has 2 rings (SSSR count). The number of nitrogens with two attached hydrogens (primary N) is 1. The molecule has 0 aromatic carbocycles. The summed E-state index contributed by atoms with van der Waals surface area (Å²) in [5.41, 5.74) is 4.64. The molecule has 1 aliphatic heterocycles. The van der Waals surface area contributed by atoms with E-state index in [9.17, 15) is 12.8 Å². The Morgan fingerprint density at radius 1 is 1.44 bits per heavy atom. The fourth-order valence-corrected chi connectivity index (χ4v) is 4.58. The molecule has 1 aromatic rings. The summed E-state index contributed by atoms with van der Waals surface area (Å²) >= 11 is 1.16. The number of sulfone groups is 1. The highest BCUT2D eigenvalue weighted by Crippen LogP contribution is 2.39. The van der Waals surface area contributed by atoms with Crippen molar-refractivity contribution in [1.82, 2.24) is 0 Å². The molecule has 2 N–H and O–H groups in total. The topological polar surface area (TPSA) is 72.5 Å². The van der Waals surface area contributed by atoms with Crippen LogP contribution in [0.3, 0.4) is 0 Å². The number of rotatable bonds is 1. The number of nitrogens with zero attached hydrogens (tertiary/aromatic N) is 1. The minimum absolute atomic E-state index is 0.0315. The Balaban J connectivity index is 2.64. The van der Waals surface area contributed by atoms with Gasteiger partial charge in [-0.1, -0.05) is 0 Å². The quantitative estimate of drug-likeness (QED) is 0.855. The van der Waals surface area contributed by atoms with Crippen LogP contribution in [0.15, 0.2) is 16.4 Å². The number of aliphatic imine (C=N–C) groups is 1. The number of halogens is 1. The summed E-state index contributed by atoms with van der Waals surface area (Å²) in [5, 5.41) is 1.58. The number of hydrogen-bond acceptors (Lipinski definition) is 5. The summed E-state index contributed by atoms with van der Waals surface area (Å²) in [5.74, 6) is -0.636. The summed E-state index contributed by atoms with van der Waals surface area (Å²) in [6.45, 7) is 4.64. The number of thiophene rings is 1. The number of hydrogen-bond donors (Lipinski definition) is 1. The second kappa shape index (κ2) is 3.77. The molecule has 0 bridgehead atoms. The maximum atomic E-state index is 13.7. The molecule has 1 aliphatic rings. The molecule has 1 unspecified atom stereocenters. The van der Waals surface area contributed by atoms with Crippen molar-refractivity contribution in [2.45, 2.75) is 31.1 Å². The van der Waals surface area contributed by atoms with Gasteiger partial charge in [0.25, 0.3) is 0 Å². The van der Waals surface area contributed by atoms with Crippen molar-refractivity contribution in [3.63, 3.8) is 0 Å². The van der Waals surface area contributed by atoms with E-state index in [4.69, 9.17) is 5.73 Å². The third-order valence-corrected chi connectivity index (χ3v) is 7.19. The Bertz CT molecular complexity index is 619. The van der Waals surface area contributed by atoms with Crippen LogP contribution in [0.4, 0.5) is 4.39 Å². The van der Waals surface area contributed by atoms with Crippen LogP contribution in [-0.4, -0.2) is 24.8 Å². The fraction of sp³-hybridized carbons (Fsp3) is 0.545. The first-order valence-electron chi connectivity index (χ1n) is 5.42. The van der Waals surface area contributed by atoms with Gasteiger partial charge >= 0.3 is 0 Å². The number of amidine groups is 1. The molecule has 1 aromatic heterocycles. The van der Waals surface area contributed by atoms with Gasteiger partial charge in [-0.2, -0.15) is 0 Å². The van der Waals surface area contributed by atoms with Crippen LogP contribution in [0.5, 0.6) is 0 Å². The van der Waals surface area contributed by atoms with Crippen molar-refractivity contribution in [2.24, 2.45) is 10.7 Å². The predicted molar refractivity (Wildman–Crippen MR) is 71.1 cm³/mol. The Morgan fingerprint density at radius 2 is 2.06 bits per heavy atom. The average molecular weight is 290 g/mol. The molecule has 0 fully saturated rings. The molecular formula is C11H15FN2O2S2. The second-order valence-corrected chi connectivity index (χ2v) is 8.59. The first-order chi connectivity index (χ1) is 8.10. The SMILES string of the molecule is CC1(c2sccc2F)CS(=O)(=O)C(C)(C)C(N)=N1. The Morgan fingerprint density at radius 3 is 2.50 bits per heavy atom. The molecule has 0 saturated carbocycles. The summed E-state index contributed by atoms with van der Waals surface area (Å²) in [7, 11) is -3.48. The van der Waals surface area contributed by atoms with E-state index in [1.54, 1.807) is 12.3 Å². The van der Waals surface area contributed by atoms with Crippen LogP contribution in [-0.2, 0) is 15.4 Å². The van der Waals surface area contributed by atoms with Crippen molar-refractivity contribution in [2.75, 3.05) is 5.75 Å². The molecule has 0 aliphatic carbocycles. The van der Waals surface area contributed by atoms with Crippen molar-refractivity contribution in [3.05, 3.63) is 22.1 Å². The largest absolute Gasteiger partial charge is 0.386 e. The van der Waals surface area contributed by atoms with Gasteiger partial charge in [-0.15, -0.1) is 11.3 Å². The molecule has 1 atom stereocenters. The Labute approximate surface area is 110 Å². The van der Waals surface area contributed by atoms with Crippen LogP contribution in [0, 0.1) is 5.82 Å². The molecule has 4 nitrogen and oxygen atoms in total. The van der Waals surface area contributed by atoms with Gasteiger partial charge in [0.1, 0.15) is 21.9 Å². The maximum Gasteiger partial charge on any atom is 0.165 e. The molecule has 0 radical (unpaired) electrons. The zero-order chi connectivity index (χ0) is 13.8. The lowest BCUT2D eigenvalue weighted by molar-refractivity contribution is 0.486. The zero-order valence-corrected chi connectivity index (χ0v) is 12.0. The van der Waals surface area contributed by atoms with Gasteiger partial charge in [0.2, 0.25) is 0 Å². The highest BCUT2D eigenvalue weighted by molar-refractivity contribution is 7.93. The molecule has 7 heteroatoms. The van der Waals surface area contributed by atoms with Crippen molar-refractivity contribution < 1.29 is 12.8 Å². The van der Waals surface area contributed by atoms with E-state index in [0.717, 1.165) is 11.3 Å². The lowest BCUT2D eigenvalue weighted by Gasteiger charge is -2.37. The van der Waals surface area contributed by atoms with Crippen molar-refractivity contribution in [3.8, 4) is 0 Å². The molecule has 2 heterocycles. The second-order valence-electron chi connectivity index (χ2n) is 5.14. The lowest BCUT2D eigenvalue weighted by Crippen LogP contribution is -2.54. The molecule has 100 valence electrons. The summed E-state index contributed by atoms with van der Waals surface area (Å²) < 4.78 is 37.0. The monoisotopic (exact) mass is 290 g/mol. The third kappa shape index (κ3) is 1.76. The smallest absolute Gasteiger partial charge is 0.165 e. The molecular weight excluding hydrogens is 275 g/mol. The van der Waals surface area contributed by atoms with Crippen LogP contribution >= 0.6 is 11.3 Å². The third-order valence-electron chi connectivity index (χ3n) is 3.34. The van der Waals surface area contributed by atoms with E-state index in [1.165, 1.54) is 19.9 Å². The fourth-order valence-electron chi connectivity index (χ4n) is 1.94. The van der Waals surface area contributed by atoms with Gasteiger partial charge in [0.15, 0.2) is 9.84 Å². The predicted octanol–water partition coefficient (Wildman–Crippen LogP) is 1.67. The van der Waals surface area contributed by atoms with E-state index in [2.05, 4.69) is 4.99 Å². The van der Waals surface area contributed by atoms with E-state index >= 15 is 0 Å². The average Bonchev–Trinajstić information content (AvgIpc) is 2.61. The van der Waals surface area contributed by atoms with Gasteiger partial charge in [0, 0.05) is 0 Å². The van der Waals surface area contributed by atoms with E-state index < -0.39 is 25.9 Å². The standard InChI is InChI=1S/C11H15FN2O2S2/c1-10(2)9(13)14-11(3,6-18(10,15)16)8-7(12)4-5-17-8/h4-5H,6H2,1-3H3,(H2,13,14). The first kappa shape index (κ1) is 13.5. The van der Waals surface area contributed by atoms with E-state index in [1.807, 2.05) is 0 Å². The van der Waals surface area contributed by atoms with Crippen LogP contribution < -0.4 is 5.73 Å². The van der Waals surface area contributed by atoms with Crippen molar-refractivity contribution >= 4 is 27.0 Å². The van der Waals surface area contributed by atoms with Gasteiger partial charge < -0.3 is 5.73 Å². The zero-order valence-electron chi connectivity index (χ0n) is 10.4. The molecule has 18 heavy (non-hydrogen) atoms. The maximum absolute atomic E-state index is 13.7. The Kier molecular flexibility index (Phi) is 2.82. The molecule has 0 saturated heterocycles. The minimum Gasteiger partial charge on any atom is -0.386 e. The van der Waals surface area contributed by atoms with E-state index in [0.29, 0.717) is 4.88 Å². The molecule has 0 amide bonds. The van der Waals surface area contributed by atoms with Crippen LogP contribution in [0.2, 0.25) is 0 Å².